The molecular weight excluding hydrogens is 261 g/mol. The van der Waals surface area contributed by atoms with Gasteiger partial charge in [-0.1, -0.05) is 0 Å². The van der Waals surface area contributed by atoms with E-state index in [1.54, 1.807) is 0 Å². The molecule has 0 rings (SSSR count). The zero-order chi connectivity index (χ0) is 4.50. The molecule has 0 aliphatic rings. The average Bonchev–Trinajstić information content (AvgIpc) is 0.722. The summed E-state index contributed by atoms with van der Waals surface area (Å²) in [6, 6.07) is 0. The van der Waals surface area contributed by atoms with Crippen LogP contribution in [0.1, 0.15) is 0 Å². The van der Waals surface area contributed by atoms with E-state index in [1.165, 1.54) is 0 Å². The summed E-state index contributed by atoms with van der Waals surface area (Å²) in [5.41, 5.74) is 0. The first-order valence-electron chi connectivity index (χ1n) is 1.52. The van der Waals surface area contributed by atoms with Crippen LogP contribution in [0.15, 0.2) is 0 Å². The van der Waals surface area contributed by atoms with E-state index in [9.17, 15) is 2.81 Å². The molecule has 0 atom stereocenters. The molecule has 5 heavy (non-hydrogen) atoms. The van der Waals surface area contributed by atoms with Crippen LogP contribution in [-0.4, -0.2) is 20.3 Å². The summed E-state index contributed by atoms with van der Waals surface area (Å²) in [5, 5.41) is 0. The fraction of sp³-hybridized carbons (Fsp3) is 1.00. The van der Waals surface area contributed by atoms with Crippen LogP contribution in [0.3, 0.4) is 0 Å². The standard InChI is InChI=1S/3CH3.Bi.O/h3*1H3;;. The number of hydrogen-bond acceptors (Lipinski definition) is 1. The summed E-state index contributed by atoms with van der Waals surface area (Å²) in [6.07, 6.45) is 0. The van der Waals surface area contributed by atoms with Gasteiger partial charge in [-0.25, -0.2) is 0 Å². The second-order valence-corrected chi connectivity index (χ2v) is 16.6. The quantitative estimate of drug-likeness (QED) is 0.605. The molecule has 0 aromatic carbocycles. The topological polar surface area (TPSA) is 17.1 Å². The Morgan fingerprint density at radius 1 is 1.20 bits per heavy atom. The van der Waals surface area contributed by atoms with E-state index in [4.69, 9.17) is 0 Å². The first-order chi connectivity index (χ1) is 2.00. The molecule has 0 saturated carbocycles. The van der Waals surface area contributed by atoms with E-state index in [0.29, 0.717) is 0 Å². The van der Waals surface area contributed by atoms with Gasteiger partial charge in [-0.15, -0.1) is 0 Å². The van der Waals surface area contributed by atoms with E-state index in [-0.39, 0.29) is 0 Å². The van der Waals surface area contributed by atoms with Crippen LogP contribution in [0.4, 0.5) is 0 Å². The van der Waals surface area contributed by atoms with Crippen molar-refractivity contribution in [2.75, 3.05) is 0 Å². The number of rotatable bonds is 0. The van der Waals surface area contributed by atoms with Crippen LogP contribution >= 0.6 is 0 Å². The van der Waals surface area contributed by atoms with Gasteiger partial charge in [-0.05, 0) is 0 Å². The Balaban J connectivity index is 3.47. The van der Waals surface area contributed by atoms with Crippen molar-refractivity contribution in [1.29, 1.82) is 0 Å². The zero-order valence-corrected chi connectivity index (χ0v) is 7.33. The van der Waals surface area contributed by atoms with Crippen molar-refractivity contribution in [1.82, 2.24) is 0 Å². The first kappa shape index (κ1) is 5.68. The monoisotopic (exact) mass is 270 g/mol. The van der Waals surface area contributed by atoms with Gasteiger partial charge >= 0.3 is 37.0 Å². The maximum absolute atomic E-state index is 10.3. The van der Waals surface area contributed by atoms with Crippen LogP contribution in [-0.2, 0) is 2.81 Å². The molecule has 0 saturated heterocycles. The van der Waals surface area contributed by atoms with Gasteiger partial charge in [0.1, 0.15) is 0 Å². The molecule has 0 amide bonds. The second-order valence-electron chi connectivity index (χ2n) is 1.89. The molecule has 1 nitrogen and oxygen atoms in total. The molecule has 0 spiro atoms. The fourth-order valence-corrected chi connectivity index (χ4v) is 0. The first-order valence-corrected chi connectivity index (χ1v) is 13.4. The van der Waals surface area contributed by atoms with Gasteiger partial charge < -0.3 is 0 Å². The van der Waals surface area contributed by atoms with E-state index < -0.39 is 20.3 Å². The van der Waals surface area contributed by atoms with Gasteiger partial charge in [0, 0.05) is 0 Å². The Morgan fingerprint density at radius 2 is 1.20 bits per heavy atom. The molecule has 2 heteroatoms. The van der Waals surface area contributed by atoms with Crippen LogP contribution in [0.5, 0.6) is 0 Å². The van der Waals surface area contributed by atoms with E-state index in [0.717, 1.165) is 0 Å². The van der Waals surface area contributed by atoms with Crippen molar-refractivity contribution in [3.05, 3.63) is 0 Å². The predicted octanol–water partition coefficient (Wildman–Crippen LogP) is 1.25. The molecule has 0 aromatic rings. The average molecular weight is 270 g/mol. The third-order valence-electron chi connectivity index (χ3n) is 0. The van der Waals surface area contributed by atoms with E-state index in [1.807, 2.05) is 13.9 Å². The Morgan fingerprint density at radius 3 is 1.20 bits per heavy atom. The molecular formula is C3H9BiO. The molecule has 0 aliphatic carbocycles. The molecule has 0 radical (unpaired) electrons. The summed E-state index contributed by atoms with van der Waals surface area (Å²) in [4.78, 5) is 0. The Labute approximate surface area is 37.2 Å². The van der Waals surface area contributed by atoms with Crippen LogP contribution in [0.2, 0.25) is 13.9 Å². The van der Waals surface area contributed by atoms with E-state index >= 15 is 0 Å². The minimum absolute atomic E-state index is 1.85. The predicted molar refractivity (Wildman–Crippen MR) is 24.0 cm³/mol. The van der Waals surface area contributed by atoms with Crippen molar-refractivity contribution < 1.29 is 2.81 Å². The second kappa shape index (κ2) is 1.42. The Hall–Kier alpha value is 0.683. The molecule has 0 fully saturated rings. The summed E-state index contributed by atoms with van der Waals surface area (Å²) in [6.45, 7) is 0. The van der Waals surface area contributed by atoms with Crippen molar-refractivity contribution in [3.8, 4) is 0 Å². The summed E-state index contributed by atoms with van der Waals surface area (Å²) < 4.78 is 15.9. The van der Waals surface area contributed by atoms with Gasteiger partial charge in [-0.3, -0.25) is 0 Å². The SMILES string of the molecule is [CH3][Bi]([CH3])([CH3])=[O]. The van der Waals surface area contributed by atoms with Crippen LogP contribution < -0.4 is 0 Å². The van der Waals surface area contributed by atoms with Gasteiger partial charge in [-0.2, -0.15) is 0 Å². The molecule has 0 aromatic heterocycles. The zero-order valence-electron chi connectivity index (χ0n) is 3.86. The number of hydrogen-bond donors (Lipinski definition) is 0. The van der Waals surface area contributed by atoms with Gasteiger partial charge in [0.15, 0.2) is 0 Å². The van der Waals surface area contributed by atoms with E-state index in [2.05, 4.69) is 0 Å². The van der Waals surface area contributed by atoms with Crippen molar-refractivity contribution in [3.63, 3.8) is 0 Å². The van der Waals surface area contributed by atoms with Gasteiger partial charge in [0.2, 0.25) is 0 Å². The summed E-state index contributed by atoms with van der Waals surface area (Å²) in [5.74, 6) is 0. The molecule has 0 unspecified atom stereocenters. The Kier molecular flexibility index (Phi) is 1.62. The Bertz CT molecular complexity index is 53.0. The third kappa shape index (κ3) is 72.2. The molecule has 0 heterocycles. The maximum atomic E-state index is 10.3. The summed E-state index contributed by atoms with van der Waals surface area (Å²) >= 11 is -2.47. The van der Waals surface area contributed by atoms with Crippen LogP contribution in [0, 0.1) is 0 Å². The third-order valence-corrected chi connectivity index (χ3v) is 0. The normalized spacial score (nSPS) is 11.8. The van der Waals surface area contributed by atoms with Gasteiger partial charge in [0.05, 0.1) is 0 Å². The van der Waals surface area contributed by atoms with Crippen LogP contribution in [0.25, 0.3) is 0 Å². The minimum atomic E-state index is -2.47. The molecule has 0 bridgehead atoms. The molecule has 0 N–H and O–H groups in total. The van der Waals surface area contributed by atoms with Gasteiger partial charge in [0.25, 0.3) is 0 Å². The van der Waals surface area contributed by atoms with Crippen molar-refractivity contribution >= 4 is 20.3 Å². The molecule has 32 valence electrons. The fourth-order valence-electron chi connectivity index (χ4n) is 0. The van der Waals surface area contributed by atoms with Crippen molar-refractivity contribution in [2.24, 2.45) is 0 Å². The summed E-state index contributed by atoms with van der Waals surface area (Å²) in [7, 11) is 0. The van der Waals surface area contributed by atoms with Crippen molar-refractivity contribution in [2.45, 2.75) is 13.9 Å². The molecule has 0 aliphatic heterocycles.